The summed E-state index contributed by atoms with van der Waals surface area (Å²) in [6, 6.07) is 3.49. The second-order valence-electron chi connectivity index (χ2n) is 2.15. The second-order valence-corrected chi connectivity index (χ2v) is 2.15. The molecule has 0 bridgehead atoms. The molecule has 0 aromatic carbocycles. The van der Waals surface area contributed by atoms with Crippen molar-refractivity contribution in [2.75, 3.05) is 0 Å². The molecule has 2 aromatic rings. The summed E-state index contributed by atoms with van der Waals surface area (Å²) in [7, 11) is 0. The number of hydrogen-bond acceptors (Lipinski definition) is 5. The van der Waals surface area contributed by atoms with E-state index in [0.717, 1.165) is 0 Å². The zero-order chi connectivity index (χ0) is 8.39. The van der Waals surface area contributed by atoms with Gasteiger partial charge < -0.3 is 10.2 Å². The van der Waals surface area contributed by atoms with Crippen LogP contribution < -0.4 is 5.73 Å². The molecule has 0 saturated heterocycles. The number of nitrogens with two attached hydrogens (primary N) is 1. The van der Waals surface area contributed by atoms with E-state index in [9.17, 15) is 0 Å². The molecule has 6 nitrogen and oxygen atoms in total. The lowest BCUT2D eigenvalue weighted by Crippen LogP contribution is -2.00. The highest BCUT2D eigenvalue weighted by Gasteiger charge is 2.03. The molecule has 62 valence electrons. The molecule has 0 saturated carbocycles. The number of aromatic nitrogens is 4. The molecule has 2 heterocycles. The Morgan fingerprint density at radius 1 is 1.58 bits per heavy atom. The molecule has 0 unspecified atom stereocenters. The number of rotatable bonds is 2. The highest BCUT2D eigenvalue weighted by Crippen LogP contribution is 2.03. The molecule has 0 atom stereocenters. The third kappa shape index (κ3) is 1.08. The Morgan fingerprint density at radius 3 is 3.08 bits per heavy atom. The van der Waals surface area contributed by atoms with Crippen LogP contribution in [-0.2, 0) is 6.54 Å². The molecule has 2 rings (SSSR count). The van der Waals surface area contributed by atoms with Crippen molar-refractivity contribution in [2.45, 2.75) is 6.54 Å². The fourth-order valence-electron chi connectivity index (χ4n) is 0.802. The van der Waals surface area contributed by atoms with Gasteiger partial charge in [-0.2, -0.15) is 0 Å². The number of hydrogen-bond donors (Lipinski definition) is 1. The van der Waals surface area contributed by atoms with Crippen molar-refractivity contribution in [1.29, 1.82) is 0 Å². The summed E-state index contributed by atoms with van der Waals surface area (Å²) >= 11 is 0. The van der Waals surface area contributed by atoms with E-state index in [1.54, 1.807) is 18.4 Å². The second kappa shape index (κ2) is 2.74. The largest absolute Gasteiger partial charge is 0.445 e. The maximum Gasteiger partial charge on any atom is 0.239 e. The number of tetrazole rings is 1. The molecule has 2 aromatic heterocycles. The van der Waals surface area contributed by atoms with Crippen LogP contribution in [0.15, 0.2) is 22.8 Å². The average Bonchev–Trinajstić information content (AvgIpc) is 2.75. The minimum atomic E-state index is 0.278. The van der Waals surface area contributed by atoms with Gasteiger partial charge in [-0.1, -0.05) is 4.80 Å². The maximum atomic E-state index is 5.31. The summed E-state index contributed by atoms with van der Waals surface area (Å²) in [6.07, 6.45) is 1.54. The summed E-state index contributed by atoms with van der Waals surface area (Å²) in [5, 5.41) is 11.4. The van der Waals surface area contributed by atoms with Gasteiger partial charge in [0.1, 0.15) is 0 Å². The zero-order valence-electron chi connectivity index (χ0n) is 6.21. The van der Waals surface area contributed by atoms with Crippen molar-refractivity contribution >= 4 is 0 Å². The van der Waals surface area contributed by atoms with Gasteiger partial charge in [0.05, 0.1) is 12.8 Å². The van der Waals surface area contributed by atoms with E-state index in [0.29, 0.717) is 11.7 Å². The van der Waals surface area contributed by atoms with Crippen LogP contribution >= 0.6 is 0 Å². The van der Waals surface area contributed by atoms with E-state index in [-0.39, 0.29) is 6.54 Å². The molecule has 0 amide bonds. The predicted molar refractivity (Wildman–Crippen MR) is 39.3 cm³/mol. The van der Waals surface area contributed by atoms with Gasteiger partial charge in [0.2, 0.25) is 5.88 Å². The Hall–Kier alpha value is -1.69. The minimum Gasteiger partial charge on any atom is -0.445 e. The van der Waals surface area contributed by atoms with E-state index < -0.39 is 0 Å². The van der Waals surface area contributed by atoms with Crippen molar-refractivity contribution in [1.82, 2.24) is 20.2 Å². The van der Waals surface area contributed by atoms with Crippen LogP contribution in [0, 0.1) is 0 Å². The van der Waals surface area contributed by atoms with Gasteiger partial charge in [0.25, 0.3) is 0 Å². The fourth-order valence-corrected chi connectivity index (χ4v) is 0.802. The van der Waals surface area contributed by atoms with E-state index in [2.05, 4.69) is 15.4 Å². The molecule has 0 spiro atoms. The van der Waals surface area contributed by atoms with E-state index in [4.69, 9.17) is 10.2 Å². The summed E-state index contributed by atoms with van der Waals surface area (Å²) in [5.74, 6) is 1.02. The lowest BCUT2D eigenvalue weighted by atomic mass is 10.6. The summed E-state index contributed by atoms with van der Waals surface area (Å²) in [5.41, 5.74) is 5.31. The smallest absolute Gasteiger partial charge is 0.239 e. The summed E-state index contributed by atoms with van der Waals surface area (Å²) in [6.45, 7) is 0.278. The topological polar surface area (TPSA) is 82.8 Å². The molecule has 6 heteroatoms. The summed E-state index contributed by atoms with van der Waals surface area (Å²) in [4.78, 5) is 1.29. The molecule has 0 fully saturated rings. The first-order valence-corrected chi connectivity index (χ1v) is 3.43. The van der Waals surface area contributed by atoms with Gasteiger partial charge in [-0.05, 0) is 11.3 Å². The van der Waals surface area contributed by atoms with Crippen molar-refractivity contribution in [2.24, 2.45) is 5.73 Å². The van der Waals surface area contributed by atoms with Crippen LogP contribution in [-0.4, -0.2) is 20.2 Å². The van der Waals surface area contributed by atoms with Crippen LogP contribution in [0.4, 0.5) is 0 Å². The highest BCUT2D eigenvalue weighted by atomic mass is 16.3. The number of nitrogens with zero attached hydrogens (tertiary/aromatic N) is 4. The lowest BCUT2D eigenvalue weighted by molar-refractivity contribution is 0.493. The Kier molecular flexibility index (Phi) is 1.60. The van der Waals surface area contributed by atoms with Gasteiger partial charge in [0, 0.05) is 6.07 Å². The molecule has 12 heavy (non-hydrogen) atoms. The molecule has 0 radical (unpaired) electrons. The third-order valence-electron chi connectivity index (χ3n) is 1.34. The monoisotopic (exact) mass is 165 g/mol. The lowest BCUT2D eigenvalue weighted by Gasteiger charge is -1.87. The maximum absolute atomic E-state index is 5.31. The molecule has 0 aliphatic carbocycles. The first-order chi connectivity index (χ1) is 5.90. The summed E-state index contributed by atoms with van der Waals surface area (Å²) < 4.78 is 5.03. The van der Waals surface area contributed by atoms with Crippen LogP contribution in [0.25, 0.3) is 5.88 Å². The first kappa shape index (κ1) is 6.99. The molecular weight excluding hydrogens is 158 g/mol. The zero-order valence-corrected chi connectivity index (χ0v) is 6.21. The Morgan fingerprint density at radius 2 is 2.50 bits per heavy atom. The Bertz CT molecular complexity index is 352. The number of furan rings is 1. The van der Waals surface area contributed by atoms with Gasteiger partial charge >= 0.3 is 0 Å². The SMILES string of the molecule is NCc1nnn(-c2ccco2)n1. The van der Waals surface area contributed by atoms with Crippen molar-refractivity contribution in [3.8, 4) is 5.88 Å². The predicted octanol–water partition coefficient (Wildman–Crippen LogP) is -0.286. The van der Waals surface area contributed by atoms with Gasteiger partial charge in [-0.25, -0.2) is 0 Å². The Labute approximate surface area is 68.0 Å². The fraction of sp³-hybridized carbons (Fsp3) is 0.167. The van der Waals surface area contributed by atoms with Crippen LogP contribution in [0.2, 0.25) is 0 Å². The van der Waals surface area contributed by atoms with E-state index in [1.807, 2.05) is 0 Å². The molecule has 2 N–H and O–H groups in total. The van der Waals surface area contributed by atoms with Gasteiger partial charge in [-0.3, -0.25) is 0 Å². The van der Waals surface area contributed by atoms with E-state index >= 15 is 0 Å². The van der Waals surface area contributed by atoms with Crippen molar-refractivity contribution in [3.05, 3.63) is 24.2 Å². The van der Waals surface area contributed by atoms with Crippen LogP contribution in [0.1, 0.15) is 5.82 Å². The molecular formula is C6H7N5O. The van der Waals surface area contributed by atoms with Crippen molar-refractivity contribution in [3.63, 3.8) is 0 Å². The quantitative estimate of drug-likeness (QED) is 0.661. The van der Waals surface area contributed by atoms with Crippen LogP contribution in [0.5, 0.6) is 0 Å². The Balaban J connectivity index is 2.35. The standard InChI is InChI=1S/C6H7N5O/c7-4-5-8-10-11(9-5)6-2-1-3-12-6/h1-3H,4,7H2. The average molecular weight is 165 g/mol. The van der Waals surface area contributed by atoms with Gasteiger partial charge in [-0.15, -0.1) is 10.2 Å². The third-order valence-corrected chi connectivity index (χ3v) is 1.34. The van der Waals surface area contributed by atoms with Gasteiger partial charge in [0.15, 0.2) is 5.82 Å². The first-order valence-electron chi connectivity index (χ1n) is 3.43. The highest BCUT2D eigenvalue weighted by molar-refractivity contribution is 5.12. The van der Waals surface area contributed by atoms with E-state index in [1.165, 1.54) is 4.80 Å². The van der Waals surface area contributed by atoms with Crippen LogP contribution in [0.3, 0.4) is 0 Å². The molecule has 0 aliphatic heterocycles. The molecule has 0 aliphatic rings. The van der Waals surface area contributed by atoms with Crippen molar-refractivity contribution < 1.29 is 4.42 Å². The normalized spacial score (nSPS) is 10.4. The minimum absolute atomic E-state index is 0.278.